The van der Waals surface area contributed by atoms with Crippen LogP contribution in [0.2, 0.25) is 0 Å². The van der Waals surface area contributed by atoms with Crippen LogP contribution in [0.3, 0.4) is 0 Å². The van der Waals surface area contributed by atoms with Gasteiger partial charge in [-0.05, 0) is 55.1 Å². The first-order chi connectivity index (χ1) is 11.5. The topological polar surface area (TPSA) is 35.5 Å². The summed E-state index contributed by atoms with van der Waals surface area (Å²) in [6, 6.07) is 0. The van der Waals surface area contributed by atoms with Crippen LogP contribution in [0.4, 0.5) is 0 Å². The van der Waals surface area contributed by atoms with E-state index in [1.807, 2.05) is 0 Å². The quantitative estimate of drug-likeness (QED) is 0.576. The molecule has 0 radical (unpaired) electrons. The minimum Gasteiger partial charge on any atom is -0.347 e. The van der Waals surface area contributed by atoms with E-state index in [0.717, 1.165) is 51.7 Å². The molecule has 0 aromatic heterocycles. The highest BCUT2D eigenvalue weighted by molar-refractivity contribution is 9.10. The highest BCUT2D eigenvalue weighted by Gasteiger charge is 2.56. The lowest BCUT2D eigenvalue weighted by molar-refractivity contribution is -0.164. The number of halogens is 1. The van der Waals surface area contributed by atoms with Gasteiger partial charge in [0.1, 0.15) is 0 Å². The Morgan fingerprint density at radius 3 is 2.83 bits per heavy atom. The second-order valence-corrected chi connectivity index (χ2v) is 9.57. The van der Waals surface area contributed by atoms with Crippen LogP contribution < -0.4 is 0 Å². The first-order valence-electron chi connectivity index (χ1n) is 9.40. The fourth-order valence-corrected chi connectivity index (χ4v) is 6.98. The Morgan fingerprint density at radius 2 is 2.04 bits per heavy atom. The van der Waals surface area contributed by atoms with Gasteiger partial charge >= 0.3 is 0 Å². The minimum atomic E-state index is -0.320. The number of fused-ring (bicyclic) bond motifs is 4. The molecule has 0 N–H and O–H groups in total. The molecule has 0 aromatic carbocycles. The van der Waals surface area contributed by atoms with Crippen molar-refractivity contribution in [3.63, 3.8) is 0 Å². The predicted molar refractivity (Wildman–Crippen MR) is 94.9 cm³/mol. The SMILES string of the molecule is C[C@]12CC=C3C4=C(CC[C@H]3[C@@H]1C[C@@H](Br)C2=O)CC1(CC4)OCCO1. The Labute approximate surface area is 152 Å². The van der Waals surface area contributed by atoms with Gasteiger partial charge in [0.05, 0.1) is 18.0 Å². The molecule has 1 heterocycles. The molecular weight excluding hydrogens is 368 g/mol. The Balaban J connectivity index is 1.49. The first kappa shape index (κ1) is 15.8. The van der Waals surface area contributed by atoms with Gasteiger partial charge < -0.3 is 9.47 Å². The van der Waals surface area contributed by atoms with E-state index in [0.29, 0.717) is 17.6 Å². The summed E-state index contributed by atoms with van der Waals surface area (Å²) in [6.07, 6.45) is 9.69. The highest BCUT2D eigenvalue weighted by atomic mass is 79.9. The molecule has 24 heavy (non-hydrogen) atoms. The van der Waals surface area contributed by atoms with Crippen LogP contribution in [-0.4, -0.2) is 29.6 Å². The van der Waals surface area contributed by atoms with E-state index in [-0.39, 0.29) is 16.0 Å². The van der Waals surface area contributed by atoms with Gasteiger partial charge in [-0.1, -0.05) is 34.5 Å². The smallest absolute Gasteiger partial charge is 0.172 e. The summed E-state index contributed by atoms with van der Waals surface area (Å²) in [4.78, 5) is 12.7. The highest BCUT2D eigenvalue weighted by Crippen LogP contribution is 2.59. The number of allylic oxidation sites excluding steroid dienone is 3. The lowest BCUT2D eigenvalue weighted by atomic mass is 9.58. The van der Waals surface area contributed by atoms with Crippen molar-refractivity contribution in [2.24, 2.45) is 17.3 Å². The summed E-state index contributed by atoms with van der Waals surface area (Å²) in [5, 5.41) is 0. The summed E-state index contributed by atoms with van der Waals surface area (Å²) in [7, 11) is 0. The van der Waals surface area contributed by atoms with Crippen molar-refractivity contribution in [2.75, 3.05) is 13.2 Å². The molecule has 4 atom stereocenters. The van der Waals surface area contributed by atoms with Crippen molar-refractivity contribution < 1.29 is 14.3 Å². The van der Waals surface area contributed by atoms with E-state index in [1.165, 1.54) is 6.42 Å². The first-order valence-corrected chi connectivity index (χ1v) is 10.3. The van der Waals surface area contributed by atoms with Gasteiger partial charge in [-0.2, -0.15) is 0 Å². The number of Topliss-reactive ketones (excluding diaryl/α,β-unsaturated/α-hetero) is 1. The van der Waals surface area contributed by atoms with E-state index < -0.39 is 0 Å². The maximum atomic E-state index is 12.7. The summed E-state index contributed by atoms with van der Waals surface area (Å²) in [6.45, 7) is 3.68. The van der Waals surface area contributed by atoms with Crippen LogP contribution in [0, 0.1) is 17.3 Å². The fraction of sp³-hybridized carbons (Fsp3) is 0.750. The maximum Gasteiger partial charge on any atom is 0.172 e. The molecule has 1 saturated heterocycles. The normalized spacial score (nSPS) is 43.5. The van der Waals surface area contributed by atoms with Crippen LogP contribution in [0.5, 0.6) is 0 Å². The molecule has 4 heteroatoms. The van der Waals surface area contributed by atoms with Crippen LogP contribution in [0.25, 0.3) is 0 Å². The molecule has 1 saturated carbocycles. The number of ether oxygens (including phenoxy) is 2. The van der Waals surface area contributed by atoms with Gasteiger partial charge in [0.15, 0.2) is 11.6 Å². The Morgan fingerprint density at radius 1 is 1.25 bits per heavy atom. The largest absolute Gasteiger partial charge is 0.347 e. The summed E-state index contributed by atoms with van der Waals surface area (Å²) < 4.78 is 11.9. The van der Waals surface area contributed by atoms with Crippen molar-refractivity contribution in [2.45, 2.75) is 62.5 Å². The maximum absolute atomic E-state index is 12.7. The Kier molecular flexibility index (Phi) is 3.47. The van der Waals surface area contributed by atoms with Crippen molar-refractivity contribution >= 4 is 21.7 Å². The number of carbonyl (C=O) groups is 1. The van der Waals surface area contributed by atoms with Crippen molar-refractivity contribution in [1.82, 2.24) is 0 Å². The number of carbonyl (C=O) groups excluding carboxylic acids is 1. The molecular formula is C20H25BrO3. The molecule has 0 unspecified atom stereocenters. The molecule has 1 spiro atoms. The predicted octanol–water partition coefficient (Wildman–Crippen LogP) is 4.31. The number of hydrogen-bond acceptors (Lipinski definition) is 3. The molecule has 5 rings (SSSR count). The average molecular weight is 393 g/mol. The zero-order valence-corrected chi connectivity index (χ0v) is 15.9. The summed E-state index contributed by atoms with van der Waals surface area (Å²) in [5.74, 6) is 1.20. The third kappa shape index (κ3) is 2.05. The number of ketones is 1. The van der Waals surface area contributed by atoms with Crippen molar-refractivity contribution in [3.8, 4) is 0 Å². The van der Waals surface area contributed by atoms with E-state index in [4.69, 9.17) is 9.47 Å². The second-order valence-electron chi connectivity index (χ2n) is 8.47. The van der Waals surface area contributed by atoms with Gasteiger partial charge in [0, 0.05) is 18.3 Å². The van der Waals surface area contributed by atoms with Gasteiger partial charge in [-0.3, -0.25) is 4.79 Å². The third-order valence-corrected chi connectivity index (χ3v) is 8.13. The lowest BCUT2D eigenvalue weighted by Gasteiger charge is -2.46. The van der Waals surface area contributed by atoms with E-state index >= 15 is 0 Å². The molecule has 0 bridgehead atoms. The van der Waals surface area contributed by atoms with Crippen LogP contribution in [0.15, 0.2) is 22.8 Å². The zero-order valence-electron chi connectivity index (χ0n) is 14.3. The molecule has 0 aromatic rings. The fourth-order valence-electron chi connectivity index (χ4n) is 6.06. The number of rotatable bonds is 0. The second kappa shape index (κ2) is 5.28. The third-order valence-electron chi connectivity index (χ3n) is 7.34. The van der Waals surface area contributed by atoms with Gasteiger partial charge in [0.2, 0.25) is 0 Å². The molecule has 3 nitrogen and oxygen atoms in total. The lowest BCUT2D eigenvalue weighted by Crippen LogP contribution is -2.41. The van der Waals surface area contributed by atoms with Crippen molar-refractivity contribution in [3.05, 3.63) is 22.8 Å². The minimum absolute atomic E-state index is 0.0607. The standard InChI is InChI=1S/C20H25BrO3/c1-19-6-4-14-13-5-7-20(23-8-9-24-20)11-12(13)2-3-15(14)16(19)10-17(21)18(19)22/h4,15-17H,2-3,5-11H2,1H3/t15-,16+,17-,19+/m1/s1. The Hall–Kier alpha value is -0.450. The van der Waals surface area contributed by atoms with E-state index in [9.17, 15) is 4.79 Å². The molecule has 1 aliphatic heterocycles. The zero-order chi connectivity index (χ0) is 16.5. The Bertz CT molecular complexity index is 658. The van der Waals surface area contributed by atoms with Crippen LogP contribution >= 0.6 is 15.9 Å². The van der Waals surface area contributed by atoms with Gasteiger partial charge in [-0.15, -0.1) is 0 Å². The molecule has 5 aliphatic rings. The van der Waals surface area contributed by atoms with Gasteiger partial charge in [-0.25, -0.2) is 0 Å². The average Bonchev–Trinajstić information content (AvgIpc) is 3.12. The van der Waals surface area contributed by atoms with Crippen LogP contribution in [-0.2, 0) is 14.3 Å². The monoisotopic (exact) mass is 392 g/mol. The van der Waals surface area contributed by atoms with Gasteiger partial charge in [0.25, 0.3) is 0 Å². The van der Waals surface area contributed by atoms with E-state index in [1.54, 1.807) is 16.7 Å². The van der Waals surface area contributed by atoms with Crippen LogP contribution in [0.1, 0.15) is 51.9 Å². The van der Waals surface area contributed by atoms with E-state index in [2.05, 4.69) is 28.9 Å². The van der Waals surface area contributed by atoms with Crippen molar-refractivity contribution in [1.29, 1.82) is 0 Å². The molecule has 0 amide bonds. The summed E-state index contributed by atoms with van der Waals surface area (Å²) in [5.41, 5.74) is 4.58. The number of hydrogen-bond donors (Lipinski definition) is 0. The molecule has 4 aliphatic carbocycles. The molecule has 130 valence electrons. The number of alkyl halides is 1. The molecule has 2 fully saturated rings. The summed E-state index contributed by atoms with van der Waals surface area (Å²) >= 11 is 3.64.